The van der Waals surface area contributed by atoms with E-state index in [-0.39, 0.29) is 0 Å². The predicted octanol–water partition coefficient (Wildman–Crippen LogP) is 1.78. The van der Waals surface area contributed by atoms with Crippen LogP contribution in [0.5, 0.6) is 0 Å². The Labute approximate surface area is 114 Å². The van der Waals surface area contributed by atoms with Crippen molar-refractivity contribution in [3.05, 3.63) is 17.8 Å². The minimum Gasteiger partial charge on any atom is -0.355 e. The van der Waals surface area contributed by atoms with Gasteiger partial charge in [0.15, 0.2) is 5.82 Å². The van der Waals surface area contributed by atoms with Crippen LogP contribution in [0.15, 0.2) is 12.1 Å². The largest absolute Gasteiger partial charge is 0.355 e. The van der Waals surface area contributed by atoms with Crippen LogP contribution in [0.25, 0.3) is 0 Å². The molecule has 2 N–H and O–H groups in total. The van der Waals surface area contributed by atoms with Gasteiger partial charge in [-0.25, -0.2) is 5.43 Å². The summed E-state index contributed by atoms with van der Waals surface area (Å²) in [5, 5.41) is 8.83. The molecule has 2 unspecified atom stereocenters. The number of anilines is 1. The van der Waals surface area contributed by atoms with Crippen molar-refractivity contribution in [3.8, 4) is 0 Å². The summed E-state index contributed by atoms with van der Waals surface area (Å²) < 4.78 is 0. The molecule has 2 aliphatic heterocycles. The van der Waals surface area contributed by atoms with E-state index in [1.807, 2.05) is 0 Å². The molecule has 1 aromatic rings. The summed E-state index contributed by atoms with van der Waals surface area (Å²) in [4.78, 5) is 2.37. The van der Waals surface area contributed by atoms with Crippen LogP contribution in [0.3, 0.4) is 0 Å². The van der Waals surface area contributed by atoms with Gasteiger partial charge in [0.1, 0.15) is 0 Å². The van der Waals surface area contributed by atoms with E-state index in [1.54, 1.807) is 0 Å². The van der Waals surface area contributed by atoms with E-state index >= 15 is 0 Å². The number of hydrogen-bond donors (Lipinski definition) is 2. The van der Waals surface area contributed by atoms with Crippen LogP contribution in [0, 0.1) is 0 Å². The topological polar surface area (TPSA) is 53.1 Å². The Kier molecular flexibility index (Phi) is 3.94. The first-order chi connectivity index (χ1) is 9.33. The van der Waals surface area contributed by atoms with Crippen molar-refractivity contribution in [2.75, 3.05) is 18.0 Å². The van der Waals surface area contributed by atoms with Crippen LogP contribution in [0.2, 0.25) is 0 Å². The molecule has 19 heavy (non-hydrogen) atoms. The number of rotatable bonds is 2. The van der Waals surface area contributed by atoms with Crippen molar-refractivity contribution >= 4 is 5.82 Å². The highest BCUT2D eigenvalue weighted by Crippen LogP contribution is 2.22. The molecule has 0 amide bonds. The lowest BCUT2D eigenvalue weighted by molar-refractivity contribution is 0.549. The molecule has 5 heteroatoms. The molecular weight excluding hydrogens is 238 g/mol. The van der Waals surface area contributed by atoms with Gasteiger partial charge in [0.2, 0.25) is 0 Å². The number of hydrogen-bond acceptors (Lipinski definition) is 5. The average molecular weight is 261 g/mol. The van der Waals surface area contributed by atoms with Crippen molar-refractivity contribution in [2.45, 2.75) is 51.1 Å². The molecule has 0 aliphatic carbocycles. The minimum atomic E-state index is 0.292. The fourth-order valence-electron chi connectivity index (χ4n) is 2.90. The molecule has 3 rings (SSSR count). The van der Waals surface area contributed by atoms with E-state index < -0.39 is 0 Å². The van der Waals surface area contributed by atoms with E-state index in [9.17, 15) is 0 Å². The third-order valence-corrected chi connectivity index (χ3v) is 4.05. The monoisotopic (exact) mass is 261 g/mol. The Balaban J connectivity index is 1.67. The first-order valence-corrected chi connectivity index (χ1v) is 7.42. The average Bonchev–Trinajstić information content (AvgIpc) is 2.72. The fourth-order valence-corrected chi connectivity index (χ4v) is 2.90. The molecule has 104 valence electrons. The van der Waals surface area contributed by atoms with Gasteiger partial charge in [0.25, 0.3) is 0 Å². The van der Waals surface area contributed by atoms with Crippen LogP contribution in [0.4, 0.5) is 5.82 Å². The van der Waals surface area contributed by atoms with Crippen LogP contribution >= 0.6 is 0 Å². The maximum atomic E-state index is 4.42. The van der Waals surface area contributed by atoms with Crippen molar-refractivity contribution < 1.29 is 0 Å². The van der Waals surface area contributed by atoms with Crippen molar-refractivity contribution in [1.29, 1.82) is 0 Å². The van der Waals surface area contributed by atoms with Crippen LogP contribution < -0.4 is 15.8 Å². The SMILES string of the molecule is CC1CC(c2ccc(N3CCCCCC3)nn2)NN1. The lowest BCUT2D eigenvalue weighted by Crippen LogP contribution is -2.29. The van der Waals surface area contributed by atoms with Crippen LogP contribution in [0.1, 0.15) is 50.8 Å². The second kappa shape index (κ2) is 5.84. The van der Waals surface area contributed by atoms with Crippen LogP contribution in [-0.2, 0) is 0 Å². The van der Waals surface area contributed by atoms with Gasteiger partial charge < -0.3 is 4.90 Å². The highest BCUT2D eigenvalue weighted by atomic mass is 15.4. The summed E-state index contributed by atoms with van der Waals surface area (Å²) in [6.45, 7) is 4.41. The molecule has 0 saturated carbocycles. The van der Waals surface area contributed by atoms with Gasteiger partial charge in [-0.1, -0.05) is 12.8 Å². The standard InChI is InChI=1S/C14H23N5/c1-11-10-13(17-15-11)12-6-7-14(18-16-12)19-8-4-2-3-5-9-19/h6-7,11,13,15,17H,2-5,8-10H2,1H3. The minimum absolute atomic E-state index is 0.292. The molecule has 2 fully saturated rings. The molecule has 2 aliphatic rings. The maximum absolute atomic E-state index is 4.42. The van der Waals surface area contributed by atoms with Gasteiger partial charge in [0.05, 0.1) is 11.7 Å². The Morgan fingerprint density at radius 3 is 2.42 bits per heavy atom. The first-order valence-electron chi connectivity index (χ1n) is 7.42. The van der Waals surface area contributed by atoms with E-state index in [4.69, 9.17) is 0 Å². The molecule has 1 aromatic heterocycles. The highest BCUT2D eigenvalue weighted by molar-refractivity contribution is 5.37. The molecule has 5 nitrogen and oxygen atoms in total. The summed E-state index contributed by atoms with van der Waals surface area (Å²) >= 11 is 0. The summed E-state index contributed by atoms with van der Waals surface area (Å²) in [7, 11) is 0. The normalized spacial score (nSPS) is 28.4. The molecule has 2 saturated heterocycles. The molecule has 2 atom stereocenters. The fraction of sp³-hybridized carbons (Fsp3) is 0.714. The zero-order valence-electron chi connectivity index (χ0n) is 11.6. The van der Waals surface area contributed by atoms with Gasteiger partial charge >= 0.3 is 0 Å². The lowest BCUT2D eigenvalue weighted by Gasteiger charge is -2.21. The predicted molar refractivity (Wildman–Crippen MR) is 75.8 cm³/mol. The number of aromatic nitrogens is 2. The van der Waals surface area contributed by atoms with Crippen molar-refractivity contribution in [2.24, 2.45) is 0 Å². The summed E-state index contributed by atoms with van der Waals surface area (Å²) in [6.07, 6.45) is 6.30. The van der Waals surface area contributed by atoms with Crippen LogP contribution in [-0.4, -0.2) is 29.3 Å². The van der Waals surface area contributed by atoms with E-state index in [1.165, 1.54) is 25.7 Å². The van der Waals surface area contributed by atoms with Gasteiger partial charge in [-0.05, 0) is 38.3 Å². The molecule has 0 radical (unpaired) electrons. The summed E-state index contributed by atoms with van der Waals surface area (Å²) in [6, 6.07) is 5.03. The smallest absolute Gasteiger partial charge is 0.151 e. The molecule has 0 bridgehead atoms. The Bertz CT molecular complexity index is 397. The van der Waals surface area contributed by atoms with Gasteiger partial charge in [-0.2, -0.15) is 5.10 Å². The molecule has 3 heterocycles. The Morgan fingerprint density at radius 1 is 1.05 bits per heavy atom. The Morgan fingerprint density at radius 2 is 1.84 bits per heavy atom. The number of nitrogens with zero attached hydrogens (tertiary/aromatic N) is 3. The number of nitrogens with one attached hydrogen (secondary N) is 2. The molecular formula is C14H23N5. The molecule has 0 aromatic carbocycles. The zero-order valence-corrected chi connectivity index (χ0v) is 11.6. The molecule has 0 spiro atoms. The highest BCUT2D eigenvalue weighted by Gasteiger charge is 2.23. The number of hydrazine groups is 1. The lowest BCUT2D eigenvalue weighted by atomic mass is 10.1. The quantitative estimate of drug-likeness (QED) is 0.850. The first kappa shape index (κ1) is 12.8. The summed E-state index contributed by atoms with van der Waals surface area (Å²) in [5.41, 5.74) is 7.53. The van der Waals surface area contributed by atoms with E-state index in [2.05, 4.69) is 45.0 Å². The Hall–Kier alpha value is -1.20. The third kappa shape index (κ3) is 3.04. The summed E-state index contributed by atoms with van der Waals surface area (Å²) in [5.74, 6) is 1.03. The second-order valence-electron chi connectivity index (χ2n) is 5.70. The second-order valence-corrected chi connectivity index (χ2v) is 5.70. The van der Waals surface area contributed by atoms with Gasteiger partial charge in [-0.15, -0.1) is 5.10 Å². The third-order valence-electron chi connectivity index (χ3n) is 4.05. The van der Waals surface area contributed by atoms with E-state index in [0.29, 0.717) is 12.1 Å². The van der Waals surface area contributed by atoms with Crippen molar-refractivity contribution in [3.63, 3.8) is 0 Å². The maximum Gasteiger partial charge on any atom is 0.151 e. The van der Waals surface area contributed by atoms with Crippen molar-refractivity contribution in [1.82, 2.24) is 21.0 Å². The van der Waals surface area contributed by atoms with Gasteiger partial charge in [0, 0.05) is 19.1 Å². The zero-order chi connectivity index (χ0) is 13.1. The van der Waals surface area contributed by atoms with Gasteiger partial charge in [-0.3, -0.25) is 5.43 Å². The van der Waals surface area contributed by atoms with E-state index in [0.717, 1.165) is 31.0 Å².